The van der Waals surface area contributed by atoms with E-state index in [2.05, 4.69) is 0 Å². The van der Waals surface area contributed by atoms with Crippen molar-refractivity contribution in [1.29, 1.82) is 0 Å². The third-order valence-corrected chi connectivity index (χ3v) is 5.74. The van der Waals surface area contributed by atoms with E-state index in [0.29, 0.717) is 16.2 Å². The molecule has 0 radical (unpaired) electrons. The van der Waals surface area contributed by atoms with Gasteiger partial charge in [-0.15, -0.1) is 11.8 Å². The Kier molecular flexibility index (Phi) is 4.88. The monoisotopic (exact) mass is 324 g/mol. The fourth-order valence-electron chi connectivity index (χ4n) is 1.43. The first-order valence-corrected chi connectivity index (χ1v) is 9.83. The van der Waals surface area contributed by atoms with Crippen LogP contribution in [0.2, 0.25) is 0 Å². The molecule has 0 unspecified atom stereocenters. The van der Waals surface area contributed by atoms with E-state index in [9.17, 15) is 16.8 Å². The molecule has 0 aromatic heterocycles. The zero-order valence-electron chi connectivity index (χ0n) is 10.6. The fourth-order valence-corrected chi connectivity index (χ4v) is 4.64. The van der Waals surface area contributed by atoms with Gasteiger partial charge >= 0.3 is 0 Å². The van der Waals surface area contributed by atoms with E-state index in [1.807, 2.05) is 0 Å². The van der Waals surface area contributed by atoms with Gasteiger partial charge in [0.1, 0.15) is 9.84 Å². The van der Waals surface area contributed by atoms with E-state index >= 15 is 0 Å². The van der Waals surface area contributed by atoms with Gasteiger partial charge in [0.15, 0.2) is 0 Å². The van der Waals surface area contributed by atoms with Gasteiger partial charge in [0, 0.05) is 22.6 Å². The highest BCUT2D eigenvalue weighted by atomic mass is 32.2. The molecule has 0 atom stereocenters. The van der Waals surface area contributed by atoms with Crippen LogP contribution in [0.4, 0.5) is 5.69 Å². The summed E-state index contributed by atoms with van der Waals surface area (Å²) in [5.41, 5.74) is 6.39. The maximum Gasteiger partial charge on any atom is 0.238 e. The third-order valence-electron chi connectivity index (χ3n) is 2.35. The van der Waals surface area contributed by atoms with Crippen LogP contribution < -0.4 is 10.9 Å². The molecule has 0 aliphatic carbocycles. The van der Waals surface area contributed by atoms with Gasteiger partial charge in [-0.1, -0.05) is 0 Å². The van der Waals surface area contributed by atoms with Crippen LogP contribution in [0.15, 0.2) is 21.9 Å². The first kappa shape index (κ1) is 16.3. The molecule has 108 valence electrons. The zero-order chi connectivity index (χ0) is 14.8. The molecule has 0 aliphatic rings. The van der Waals surface area contributed by atoms with Crippen molar-refractivity contribution in [3.8, 4) is 0 Å². The number of hydrogen-bond donors (Lipinski definition) is 2. The number of benzene rings is 1. The first-order chi connectivity index (χ1) is 8.50. The Morgan fingerprint density at radius 1 is 1.21 bits per heavy atom. The molecule has 0 spiro atoms. The summed E-state index contributed by atoms with van der Waals surface area (Å²) in [6, 6.07) is 2.91. The number of sulfonamides is 1. The summed E-state index contributed by atoms with van der Waals surface area (Å²) >= 11 is 1.24. The number of hydrogen-bond acceptors (Lipinski definition) is 6. The van der Waals surface area contributed by atoms with Gasteiger partial charge in [0.25, 0.3) is 0 Å². The molecular formula is C10H16N2O4S3. The minimum absolute atomic E-state index is 0.0105. The second-order valence-electron chi connectivity index (χ2n) is 4.17. The van der Waals surface area contributed by atoms with Crippen LogP contribution in [0.25, 0.3) is 0 Å². The van der Waals surface area contributed by atoms with E-state index in [1.165, 1.54) is 17.8 Å². The van der Waals surface area contributed by atoms with Crippen LogP contribution in [0, 0.1) is 6.92 Å². The van der Waals surface area contributed by atoms with E-state index in [0.717, 1.165) is 6.26 Å². The molecule has 19 heavy (non-hydrogen) atoms. The topological polar surface area (TPSA) is 120 Å². The second-order valence-corrected chi connectivity index (χ2v) is 9.09. The Hall–Kier alpha value is -0.770. The van der Waals surface area contributed by atoms with Crippen molar-refractivity contribution in [1.82, 2.24) is 0 Å². The number of rotatable bonds is 5. The second kappa shape index (κ2) is 5.70. The average Bonchev–Trinajstić information content (AvgIpc) is 2.19. The number of nitrogens with two attached hydrogens (primary N) is 2. The maximum absolute atomic E-state index is 11.4. The summed E-state index contributed by atoms with van der Waals surface area (Å²) in [5, 5.41) is 5.10. The summed E-state index contributed by atoms with van der Waals surface area (Å²) in [6.45, 7) is 1.61. The molecule has 0 aliphatic heterocycles. The van der Waals surface area contributed by atoms with Crippen LogP contribution in [-0.4, -0.2) is 34.6 Å². The SMILES string of the molecule is Cc1c(SCCS(C)(=O)=O)cc(N)cc1S(N)(=O)=O. The molecule has 0 amide bonds. The van der Waals surface area contributed by atoms with Crippen molar-refractivity contribution < 1.29 is 16.8 Å². The van der Waals surface area contributed by atoms with Crippen molar-refractivity contribution in [2.45, 2.75) is 16.7 Å². The number of sulfone groups is 1. The molecule has 1 aromatic rings. The summed E-state index contributed by atoms with van der Waals surface area (Å²) in [4.78, 5) is 0.585. The molecule has 6 nitrogen and oxygen atoms in total. The molecule has 1 rings (SSSR count). The molecule has 9 heteroatoms. The highest BCUT2D eigenvalue weighted by Crippen LogP contribution is 2.29. The van der Waals surface area contributed by atoms with E-state index in [4.69, 9.17) is 10.9 Å². The predicted octanol–water partition coefficient (Wildman–Crippen LogP) is 0.361. The molecule has 0 heterocycles. The van der Waals surface area contributed by atoms with Crippen LogP contribution in [0.5, 0.6) is 0 Å². The van der Waals surface area contributed by atoms with Crippen molar-refractivity contribution in [2.75, 3.05) is 23.5 Å². The van der Waals surface area contributed by atoms with E-state index in [-0.39, 0.29) is 16.3 Å². The lowest BCUT2D eigenvalue weighted by Gasteiger charge is -2.11. The number of primary sulfonamides is 1. The Morgan fingerprint density at radius 2 is 1.79 bits per heavy atom. The molecule has 0 saturated heterocycles. The van der Waals surface area contributed by atoms with Crippen LogP contribution in [0.3, 0.4) is 0 Å². The van der Waals surface area contributed by atoms with Crippen molar-refractivity contribution in [2.24, 2.45) is 5.14 Å². The number of anilines is 1. The fraction of sp³-hybridized carbons (Fsp3) is 0.400. The highest BCUT2D eigenvalue weighted by Gasteiger charge is 2.16. The number of thioether (sulfide) groups is 1. The Bertz CT molecular complexity index is 681. The summed E-state index contributed by atoms with van der Waals surface area (Å²) < 4.78 is 44.9. The van der Waals surface area contributed by atoms with Crippen LogP contribution >= 0.6 is 11.8 Å². The van der Waals surface area contributed by atoms with Gasteiger partial charge < -0.3 is 5.73 Å². The normalized spacial score (nSPS) is 12.6. The molecule has 0 saturated carbocycles. The van der Waals surface area contributed by atoms with Crippen molar-refractivity contribution in [3.63, 3.8) is 0 Å². The largest absolute Gasteiger partial charge is 0.399 e. The molecule has 0 bridgehead atoms. The minimum atomic E-state index is -3.84. The third kappa shape index (κ3) is 5.01. The standard InChI is InChI=1S/C10H16N2O4S3/c1-7-9(17-3-4-18(2,13)14)5-8(11)6-10(7)19(12,15)16/h5-6H,3-4,11H2,1-2H3,(H2,12,15,16). The molecule has 1 aromatic carbocycles. The van der Waals surface area contributed by atoms with E-state index in [1.54, 1.807) is 13.0 Å². The quantitative estimate of drug-likeness (QED) is 0.596. The Morgan fingerprint density at radius 3 is 2.26 bits per heavy atom. The minimum Gasteiger partial charge on any atom is -0.399 e. The van der Waals surface area contributed by atoms with Gasteiger partial charge in [0.2, 0.25) is 10.0 Å². The molecule has 4 N–H and O–H groups in total. The maximum atomic E-state index is 11.4. The smallest absolute Gasteiger partial charge is 0.238 e. The number of nitrogen functional groups attached to an aromatic ring is 1. The first-order valence-electron chi connectivity index (χ1n) is 5.24. The summed E-state index contributed by atoms with van der Waals surface area (Å²) in [7, 11) is -6.89. The van der Waals surface area contributed by atoms with Gasteiger partial charge in [-0.25, -0.2) is 22.0 Å². The summed E-state index contributed by atoms with van der Waals surface area (Å²) in [5.74, 6) is 0.337. The van der Waals surface area contributed by atoms with Crippen molar-refractivity contribution in [3.05, 3.63) is 17.7 Å². The lowest BCUT2D eigenvalue weighted by atomic mass is 10.2. The van der Waals surface area contributed by atoms with Gasteiger partial charge in [-0.3, -0.25) is 0 Å². The lowest BCUT2D eigenvalue weighted by Crippen LogP contribution is -2.14. The van der Waals surface area contributed by atoms with E-state index < -0.39 is 19.9 Å². The summed E-state index contributed by atoms with van der Waals surface area (Å²) in [6.07, 6.45) is 1.15. The van der Waals surface area contributed by atoms with Gasteiger partial charge in [0.05, 0.1) is 10.6 Å². The Balaban J connectivity index is 3.06. The zero-order valence-corrected chi connectivity index (χ0v) is 13.0. The van der Waals surface area contributed by atoms with Gasteiger partial charge in [-0.05, 0) is 24.6 Å². The lowest BCUT2D eigenvalue weighted by molar-refractivity contribution is 0.596. The predicted molar refractivity (Wildman–Crippen MR) is 77.4 cm³/mol. The van der Waals surface area contributed by atoms with Crippen molar-refractivity contribution >= 4 is 37.3 Å². The van der Waals surface area contributed by atoms with Crippen LogP contribution in [0.1, 0.15) is 5.56 Å². The Labute approximate surface area is 117 Å². The van der Waals surface area contributed by atoms with Crippen LogP contribution in [-0.2, 0) is 19.9 Å². The molecular weight excluding hydrogens is 308 g/mol. The average molecular weight is 324 g/mol. The van der Waals surface area contributed by atoms with Gasteiger partial charge in [-0.2, -0.15) is 0 Å². The molecule has 0 fully saturated rings. The highest BCUT2D eigenvalue weighted by molar-refractivity contribution is 8.00.